The van der Waals surface area contributed by atoms with Crippen LogP contribution in [-0.2, 0) is 0 Å². The average Bonchev–Trinajstić information content (AvgIpc) is 2.80. The number of benzene rings is 4. The van der Waals surface area contributed by atoms with E-state index in [1.54, 1.807) is 5.19 Å². The zero-order valence-electron chi connectivity index (χ0n) is 19.8. The van der Waals surface area contributed by atoms with Gasteiger partial charge in [0.25, 0.3) is 0 Å². The van der Waals surface area contributed by atoms with Crippen LogP contribution < -0.4 is 21.1 Å². The molecule has 0 nitrogen and oxygen atoms in total. The van der Waals surface area contributed by atoms with Crippen molar-refractivity contribution in [2.24, 2.45) is 0 Å². The van der Waals surface area contributed by atoms with Gasteiger partial charge in [-0.25, -0.2) is 0 Å². The van der Waals surface area contributed by atoms with Gasteiger partial charge in [0.1, 0.15) is 0 Å². The number of hydrogen-bond acceptors (Lipinski definition) is 0. The molecule has 4 aromatic carbocycles. The predicted octanol–water partition coefficient (Wildman–Crippen LogP) is 6.83. The Morgan fingerprint density at radius 3 is 1.50 bits per heavy atom. The fourth-order valence-electron chi connectivity index (χ4n) is 4.14. The molecule has 4 rings (SSSR count). The maximum atomic E-state index is 2.52. The Morgan fingerprint density at radius 2 is 0.969 bits per heavy atom. The normalized spacial score (nSPS) is 12.2. The summed E-state index contributed by atoms with van der Waals surface area (Å²) in [7, 11) is -2.37. The van der Waals surface area contributed by atoms with Crippen molar-refractivity contribution in [3.05, 3.63) is 109 Å². The Hall–Kier alpha value is -2.47. The highest BCUT2D eigenvalue weighted by Crippen LogP contribution is 2.40. The van der Waals surface area contributed by atoms with Crippen molar-refractivity contribution in [3.63, 3.8) is 0 Å². The van der Waals surface area contributed by atoms with Gasteiger partial charge >= 0.3 is 0 Å². The number of hydrogen-bond donors (Lipinski definition) is 0. The van der Waals surface area contributed by atoms with Gasteiger partial charge < -0.3 is 0 Å². The molecule has 0 radical (unpaired) electrons. The van der Waals surface area contributed by atoms with Gasteiger partial charge in [-0.1, -0.05) is 148 Å². The fourth-order valence-corrected chi connectivity index (χ4v) is 8.82. The molecule has 0 bridgehead atoms. The Kier molecular flexibility index (Phi) is 6.51. The first-order valence-electron chi connectivity index (χ1n) is 11.4. The summed E-state index contributed by atoms with van der Waals surface area (Å²) >= 11 is 0. The largest absolute Gasteiger partial charge is 0.0867 e. The van der Waals surface area contributed by atoms with Gasteiger partial charge in [0.2, 0.25) is 0 Å². The lowest BCUT2D eigenvalue weighted by atomic mass is 10.1. The van der Waals surface area contributed by atoms with Gasteiger partial charge in [0, 0.05) is 0 Å². The molecule has 2 heteroatoms. The topological polar surface area (TPSA) is 0 Å². The van der Waals surface area contributed by atoms with E-state index in [2.05, 4.69) is 143 Å². The van der Waals surface area contributed by atoms with E-state index in [9.17, 15) is 0 Å². The molecule has 0 fully saturated rings. The molecule has 0 aliphatic rings. The third-order valence-corrected chi connectivity index (χ3v) is 15.0. The molecule has 0 heterocycles. The molecular weight excluding hydrogens is 419 g/mol. The Balaban J connectivity index is 1.97. The maximum Gasteiger partial charge on any atom is 0.0867 e. The van der Waals surface area contributed by atoms with Crippen LogP contribution in [-0.4, -0.2) is 8.07 Å². The van der Waals surface area contributed by atoms with E-state index in [1.165, 1.54) is 27.0 Å². The molecule has 0 unspecified atom stereocenters. The minimum atomic E-state index is -1.72. The second-order valence-corrected chi connectivity index (χ2v) is 17.4. The highest BCUT2D eigenvalue weighted by molar-refractivity contribution is 7.80. The summed E-state index contributed by atoms with van der Waals surface area (Å²) in [6, 6.07) is 40.3. The summed E-state index contributed by atoms with van der Waals surface area (Å²) in [5.41, 5.74) is 2.79. The van der Waals surface area contributed by atoms with Crippen molar-refractivity contribution >= 4 is 37.1 Å². The van der Waals surface area contributed by atoms with Crippen molar-refractivity contribution in [2.45, 2.75) is 38.9 Å². The van der Waals surface area contributed by atoms with Gasteiger partial charge in [-0.15, -0.1) is 0 Å². The third kappa shape index (κ3) is 4.38. The molecule has 162 valence electrons. The zero-order chi connectivity index (χ0) is 22.8. The molecule has 0 saturated carbocycles. The van der Waals surface area contributed by atoms with Crippen LogP contribution in [0.5, 0.6) is 0 Å². The zero-order valence-corrected chi connectivity index (χ0v) is 21.7. The molecule has 0 aliphatic heterocycles. The first-order valence-corrected chi connectivity index (χ1v) is 15.7. The van der Waals surface area contributed by atoms with Gasteiger partial charge in [-0.2, -0.15) is 0 Å². The highest BCUT2D eigenvalue weighted by Gasteiger charge is 2.38. The van der Waals surface area contributed by atoms with E-state index in [4.69, 9.17) is 0 Å². The van der Waals surface area contributed by atoms with E-state index in [0.717, 1.165) is 0 Å². The minimum Gasteiger partial charge on any atom is -0.0650 e. The van der Waals surface area contributed by atoms with Crippen molar-refractivity contribution in [1.82, 2.24) is 0 Å². The summed E-state index contributed by atoms with van der Waals surface area (Å²) < 4.78 is 0. The SMILES string of the molecule is CC(C)(C)[Si](C)(C)c1ccccc1-c1ccccc1P(c1ccccc1)c1ccccc1. The van der Waals surface area contributed by atoms with Crippen molar-refractivity contribution < 1.29 is 0 Å². The Morgan fingerprint density at radius 1 is 0.531 bits per heavy atom. The summed E-state index contributed by atoms with van der Waals surface area (Å²) in [6.45, 7) is 12.3. The van der Waals surface area contributed by atoms with Crippen LogP contribution in [0, 0.1) is 0 Å². The quantitative estimate of drug-likeness (QED) is 0.230. The van der Waals surface area contributed by atoms with Crippen LogP contribution in [0.25, 0.3) is 11.1 Å². The highest BCUT2D eigenvalue weighted by atomic mass is 31.1. The van der Waals surface area contributed by atoms with E-state index in [-0.39, 0.29) is 5.04 Å². The van der Waals surface area contributed by atoms with Crippen LogP contribution in [0.2, 0.25) is 18.1 Å². The smallest absolute Gasteiger partial charge is 0.0650 e. The molecule has 0 saturated heterocycles. The third-order valence-electron chi connectivity index (χ3n) is 6.94. The van der Waals surface area contributed by atoms with Gasteiger partial charge in [-0.05, 0) is 40.0 Å². The summed E-state index contributed by atoms with van der Waals surface area (Å²) in [6.07, 6.45) is 0. The van der Waals surface area contributed by atoms with Crippen molar-refractivity contribution in [1.29, 1.82) is 0 Å². The monoisotopic (exact) mass is 452 g/mol. The first kappa shape index (κ1) is 22.7. The van der Waals surface area contributed by atoms with Crippen LogP contribution in [0.3, 0.4) is 0 Å². The molecule has 0 atom stereocenters. The molecular formula is C30H33PSi. The van der Waals surface area contributed by atoms with Crippen LogP contribution in [0.1, 0.15) is 20.8 Å². The first-order chi connectivity index (χ1) is 15.3. The molecule has 32 heavy (non-hydrogen) atoms. The standard InChI is InChI=1S/C30H33PSi/c1-30(2,3)32(4,5)29-23-15-13-21-27(29)26-20-12-14-22-28(26)31(24-16-8-6-9-17-24)25-18-10-7-11-19-25/h6-23H,1-5H3. The van der Waals surface area contributed by atoms with Gasteiger partial charge in [0.05, 0.1) is 8.07 Å². The van der Waals surface area contributed by atoms with E-state index >= 15 is 0 Å². The lowest BCUT2D eigenvalue weighted by Gasteiger charge is -2.39. The average molecular weight is 453 g/mol. The Labute approximate surface area is 196 Å². The summed E-state index contributed by atoms with van der Waals surface area (Å²) in [4.78, 5) is 0. The van der Waals surface area contributed by atoms with Gasteiger partial charge in [-0.3, -0.25) is 0 Å². The molecule has 0 aliphatic carbocycles. The van der Waals surface area contributed by atoms with Crippen LogP contribution in [0.15, 0.2) is 109 Å². The van der Waals surface area contributed by atoms with E-state index in [0.29, 0.717) is 0 Å². The minimum absolute atomic E-state index is 0.279. The molecule has 0 aromatic heterocycles. The van der Waals surface area contributed by atoms with Gasteiger partial charge in [0.15, 0.2) is 0 Å². The molecule has 0 spiro atoms. The number of rotatable bonds is 5. The van der Waals surface area contributed by atoms with Crippen LogP contribution >= 0.6 is 7.92 Å². The van der Waals surface area contributed by atoms with E-state index in [1.807, 2.05) is 0 Å². The second-order valence-electron chi connectivity index (χ2n) is 9.94. The summed E-state index contributed by atoms with van der Waals surface area (Å²) in [5, 5.41) is 6.06. The Bertz CT molecular complexity index is 1130. The molecule has 0 amide bonds. The van der Waals surface area contributed by atoms with Crippen molar-refractivity contribution in [3.8, 4) is 11.1 Å². The van der Waals surface area contributed by atoms with Crippen molar-refractivity contribution in [2.75, 3.05) is 0 Å². The predicted molar refractivity (Wildman–Crippen MR) is 147 cm³/mol. The summed E-state index contributed by atoms with van der Waals surface area (Å²) in [5.74, 6) is 0. The lowest BCUT2D eigenvalue weighted by Crippen LogP contribution is -2.50. The van der Waals surface area contributed by atoms with Crippen LogP contribution in [0.4, 0.5) is 0 Å². The molecule has 0 N–H and O–H groups in total. The second kappa shape index (κ2) is 9.18. The maximum absolute atomic E-state index is 2.52. The fraction of sp³-hybridized carbons (Fsp3) is 0.200. The lowest BCUT2D eigenvalue weighted by molar-refractivity contribution is 0.729. The molecule has 4 aromatic rings. The van der Waals surface area contributed by atoms with E-state index < -0.39 is 16.0 Å².